The Labute approximate surface area is 156 Å². The van der Waals surface area contributed by atoms with Crippen molar-refractivity contribution >= 4 is 29.7 Å². The van der Waals surface area contributed by atoms with E-state index in [2.05, 4.69) is 15.0 Å². The topological polar surface area (TPSA) is 91.8 Å². The first kappa shape index (κ1) is 18.4. The normalized spacial score (nSPS) is 13.8. The lowest BCUT2D eigenvalue weighted by molar-refractivity contribution is -0.119. The lowest BCUT2D eigenvalue weighted by Gasteiger charge is -2.32. The minimum Gasteiger partial charge on any atom is -0.465 e. The number of aromatic nitrogens is 1. The SMILES string of the molecule is COC(=O)c1ccc(Nc2ccnc(C(=O)N3CCN(C=O)CC3)c2)cc1. The van der Waals surface area contributed by atoms with E-state index in [1.54, 1.807) is 52.4 Å². The van der Waals surface area contributed by atoms with Gasteiger partial charge in [0.15, 0.2) is 0 Å². The molecule has 0 spiro atoms. The molecule has 1 aliphatic heterocycles. The van der Waals surface area contributed by atoms with Gasteiger partial charge < -0.3 is 19.9 Å². The quantitative estimate of drug-likeness (QED) is 0.636. The molecule has 0 unspecified atom stereocenters. The first-order valence-electron chi connectivity index (χ1n) is 8.51. The van der Waals surface area contributed by atoms with E-state index in [-0.39, 0.29) is 5.91 Å². The van der Waals surface area contributed by atoms with Crippen molar-refractivity contribution in [2.75, 3.05) is 38.6 Å². The molecule has 2 heterocycles. The van der Waals surface area contributed by atoms with Gasteiger partial charge in [0.05, 0.1) is 12.7 Å². The summed E-state index contributed by atoms with van der Waals surface area (Å²) < 4.78 is 4.68. The third kappa shape index (κ3) is 4.41. The highest BCUT2D eigenvalue weighted by atomic mass is 16.5. The minimum atomic E-state index is -0.395. The van der Waals surface area contributed by atoms with Gasteiger partial charge >= 0.3 is 5.97 Å². The van der Waals surface area contributed by atoms with Crippen LogP contribution in [0.3, 0.4) is 0 Å². The highest BCUT2D eigenvalue weighted by molar-refractivity contribution is 5.93. The average molecular weight is 368 g/mol. The number of carbonyl (C=O) groups excluding carboxylic acids is 3. The van der Waals surface area contributed by atoms with Crippen molar-refractivity contribution in [3.05, 3.63) is 53.9 Å². The summed E-state index contributed by atoms with van der Waals surface area (Å²) in [4.78, 5) is 42.4. The number of hydrogen-bond donors (Lipinski definition) is 1. The molecule has 1 N–H and O–H groups in total. The number of hydrogen-bond acceptors (Lipinski definition) is 6. The zero-order valence-corrected chi connectivity index (χ0v) is 14.9. The molecule has 0 radical (unpaired) electrons. The first-order chi connectivity index (χ1) is 13.1. The Morgan fingerprint density at radius 3 is 2.41 bits per heavy atom. The van der Waals surface area contributed by atoms with Gasteiger partial charge in [0.2, 0.25) is 6.41 Å². The first-order valence-corrected chi connectivity index (χ1v) is 8.51. The van der Waals surface area contributed by atoms with Crippen molar-refractivity contribution in [3.63, 3.8) is 0 Å². The Hall–Kier alpha value is -3.42. The summed E-state index contributed by atoms with van der Waals surface area (Å²) in [5.41, 5.74) is 2.28. The van der Waals surface area contributed by atoms with Gasteiger partial charge in [-0.05, 0) is 36.4 Å². The maximum absolute atomic E-state index is 12.6. The van der Waals surface area contributed by atoms with Crippen LogP contribution in [0.1, 0.15) is 20.8 Å². The summed E-state index contributed by atoms with van der Waals surface area (Å²) in [6.07, 6.45) is 2.37. The third-order valence-electron chi connectivity index (χ3n) is 4.32. The van der Waals surface area contributed by atoms with Crippen molar-refractivity contribution in [2.45, 2.75) is 0 Å². The summed E-state index contributed by atoms with van der Waals surface area (Å²) in [5.74, 6) is -0.557. The van der Waals surface area contributed by atoms with Crippen LogP contribution in [0.4, 0.5) is 11.4 Å². The highest BCUT2D eigenvalue weighted by Crippen LogP contribution is 2.18. The van der Waals surface area contributed by atoms with E-state index in [9.17, 15) is 14.4 Å². The molecule has 8 nitrogen and oxygen atoms in total. The lowest BCUT2D eigenvalue weighted by atomic mass is 10.2. The van der Waals surface area contributed by atoms with Gasteiger partial charge in [0.1, 0.15) is 5.69 Å². The van der Waals surface area contributed by atoms with E-state index >= 15 is 0 Å². The summed E-state index contributed by atoms with van der Waals surface area (Å²) >= 11 is 0. The second-order valence-corrected chi connectivity index (χ2v) is 6.06. The van der Waals surface area contributed by atoms with Crippen LogP contribution in [0.5, 0.6) is 0 Å². The molecule has 2 aromatic rings. The molecule has 27 heavy (non-hydrogen) atoms. The van der Waals surface area contributed by atoms with Gasteiger partial charge in [-0.1, -0.05) is 0 Å². The number of nitrogens with one attached hydrogen (secondary N) is 1. The Kier molecular flexibility index (Phi) is 5.65. The second-order valence-electron chi connectivity index (χ2n) is 6.06. The van der Waals surface area contributed by atoms with Crippen molar-refractivity contribution in [2.24, 2.45) is 0 Å². The molecule has 1 aromatic carbocycles. The minimum absolute atomic E-state index is 0.162. The number of pyridine rings is 1. The number of esters is 1. The molecule has 1 aromatic heterocycles. The average Bonchev–Trinajstić information content (AvgIpc) is 2.73. The van der Waals surface area contributed by atoms with E-state index in [4.69, 9.17) is 0 Å². The van der Waals surface area contributed by atoms with Crippen molar-refractivity contribution in [1.82, 2.24) is 14.8 Å². The molecule has 1 aliphatic rings. The van der Waals surface area contributed by atoms with Gasteiger partial charge in [-0.3, -0.25) is 14.6 Å². The molecular formula is C19H20N4O4. The zero-order valence-electron chi connectivity index (χ0n) is 14.9. The van der Waals surface area contributed by atoms with Gasteiger partial charge in [-0.2, -0.15) is 0 Å². The van der Waals surface area contributed by atoms with E-state index in [1.807, 2.05) is 0 Å². The van der Waals surface area contributed by atoms with E-state index in [1.165, 1.54) is 7.11 Å². The van der Waals surface area contributed by atoms with Crippen LogP contribution >= 0.6 is 0 Å². The predicted octanol–water partition coefficient (Wildman–Crippen LogP) is 1.53. The van der Waals surface area contributed by atoms with Crippen molar-refractivity contribution in [1.29, 1.82) is 0 Å². The molecule has 2 amide bonds. The predicted molar refractivity (Wildman–Crippen MR) is 98.8 cm³/mol. The number of nitrogens with zero attached hydrogens (tertiary/aromatic N) is 3. The van der Waals surface area contributed by atoms with Gasteiger partial charge in [0, 0.05) is 43.8 Å². The molecule has 1 saturated heterocycles. The molecule has 8 heteroatoms. The summed E-state index contributed by atoms with van der Waals surface area (Å²) in [6.45, 7) is 2.04. The summed E-state index contributed by atoms with van der Waals surface area (Å²) in [5, 5.41) is 3.19. The van der Waals surface area contributed by atoms with E-state index in [0.29, 0.717) is 43.1 Å². The highest BCUT2D eigenvalue weighted by Gasteiger charge is 2.22. The zero-order chi connectivity index (χ0) is 19.2. The Morgan fingerprint density at radius 2 is 1.78 bits per heavy atom. The van der Waals surface area contributed by atoms with Crippen LogP contribution in [-0.2, 0) is 9.53 Å². The lowest BCUT2D eigenvalue weighted by Crippen LogP contribution is -2.48. The Bertz CT molecular complexity index is 830. The standard InChI is InChI=1S/C19H20N4O4/c1-27-19(26)14-2-4-15(5-3-14)21-16-6-7-20-17(12-16)18(25)23-10-8-22(13-24)9-11-23/h2-7,12-13H,8-11H2,1H3,(H,20,21). The molecular weight excluding hydrogens is 348 g/mol. The monoisotopic (exact) mass is 368 g/mol. The number of anilines is 2. The van der Waals surface area contributed by atoms with Crippen LogP contribution in [0.25, 0.3) is 0 Å². The summed E-state index contributed by atoms with van der Waals surface area (Å²) in [7, 11) is 1.34. The van der Waals surface area contributed by atoms with Crippen molar-refractivity contribution in [3.8, 4) is 0 Å². The number of benzene rings is 1. The van der Waals surface area contributed by atoms with E-state index in [0.717, 1.165) is 12.1 Å². The van der Waals surface area contributed by atoms with Gasteiger partial charge in [-0.15, -0.1) is 0 Å². The number of ether oxygens (including phenoxy) is 1. The van der Waals surface area contributed by atoms with Crippen LogP contribution < -0.4 is 5.32 Å². The molecule has 1 fully saturated rings. The fraction of sp³-hybridized carbons (Fsp3) is 0.263. The van der Waals surface area contributed by atoms with E-state index < -0.39 is 5.97 Å². The fourth-order valence-corrected chi connectivity index (χ4v) is 2.79. The van der Waals surface area contributed by atoms with Gasteiger partial charge in [-0.25, -0.2) is 4.79 Å². The maximum atomic E-state index is 12.6. The number of rotatable bonds is 5. The van der Waals surface area contributed by atoms with Crippen LogP contribution in [0, 0.1) is 0 Å². The van der Waals surface area contributed by atoms with Gasteiger partial charge in [0.25, 0.3) is 5.91 Å². The third-order valence-corrected chi connectivity index (χ3v) is 4.32. The van der Waals surface area contributed by atoms with Crippen LogP contribution in [-0.4, -0.2) is 66.4 Å². The Morgan fingerprint density at radius 1 is 1.07 bits per heavy atom. The fourth-order valence-electron chi connectivity index (χ4n) is 2.79. The number of amides is 2. The molecule has 0 saturated carbocycles. The smallest absolute Gasteiger partial charge is 0.337 e. The van der Waals surface area contributed by atoms with Crippen molar-refractivity contribution < 1.29 is 19.1 Å². The maximum Gasteiger partial charge on any atom is 0.337 e. The molecule has 140 valence electrons. The summed E-state index contributed by atoms with van der Waals surface area (Å²) in [6, 6.07) is 10.3. The molecule has 3 rings (SSSR count). The molecule has 0 aliphatic carbocycles. The second kappa shape index (κ2) is 8.31. The van der Waals surface area contributed by atoms with Crippen LogP contribution in [0.2, 0.25) is 0 Å². The Balaban J connectivity index is 1.67. The molecule has 0 atom stereocenters. The van der Waals surface area contributed by atoms with Crippen LogP contribution in [0.15, 0.2) is 42.6 Å². The number of piperazine rings is 1. The number of carbonyl (C=O) groups is 3. The largest absolute Gasteiger partial charge is 0.465 e. The molecule has 0 bridgehead atoms. The number of methoxy groups -OCH3 is 1.